The van der Waals surface area contributed by atoms with Gasteiger partial charge in [0.15, 0.2) is 0 Å². The maximum atomic E-state index is 12.8. The van der Waals surface area contributed by atoms with Crippen LogP contribution in [-0.4, -0.2) is 50.1 Å². The van der Waals surface area contributed by atoms with E-state index < -0.39 is 5.60 Å². The molecule has 2 aliphatic heterocycles. The van der Waals surface area contributed by atoms with Crippen LogP contribution in [0.3, 0.4) is 0 Å². The van der Waals surface area contributed by atoms with Crippen molar-refractivity contribution in [3.8, 4) is 5.69 Å². The van der Waals surface area contributed by atoms with Crippen LogP contribution in [0.4, 0.5) is 0 Å². The number of para-hydroxylation sites is 1. The van der Waals surface area contributed by atoms with Crippen molar-refractivity contribution in [3.05, 3.63) is 76.0 Å². The van der Waals surface area contributed by atoms with Gasteiger partial charge in [-0.05, 0) is 49.9 Å². The molecule has 8 nitrogen and oxygen atoms in total. The average Bonchev–Trinajstić information content (AvgIpc) is 3.24. The lowest BCUT2D eigenvalue weighted by atomic mass is 9.84. The monoisotopic (exact) mass is 419 g/mol. The van der Waals surface area contributed by atoms with E-state index in [1.54, 1.807) is 17.9 Å². The van der Waals surface area contributed by atoms with Crippen molar-refractivity contribution < 1.29 is 9.53 Å². The molecule has 0 saturated carbocycles. The van der Waals surface area contributed by atoms with E-state index in [9.17, 15) is 9.59 Å². The highest BCUT2D eigenvalue weighted by molar-refractivity contribution is 5.76. The van der Waals surface area contributed by atoms with Crippen LogP contribution in [0.1, 0.15) is 29.8 Å². The van der Waals surface area contributed by atoms with Gasteiger partial charge in [-0.25, -0.2) is 9.36 Å². The van der Waals surface area contributed by atoms with E-state index >= 15 is 0 Å². The molecule has 8 heteroatoms. The number of carbonyl (C=O) groups excluding carboxylic acids is 1. The number of hydrogen-bond acceptors (Lipinski definition) is 5. The molecular weight excluding hydrogens is 394 g/mol. The Morgan fingerprint density at radius 3 is 2.65 bits per heavy atom. The minimum absolute atomic E-state index is 0.0394. The summed E-state index contributed by atoms with van der Waals surface area (Å²) in [5.41, 5.74) is 3.22. The number of ether oxygens (including phenoxy) is 1. The standard InChI is InChI=1S/C23H25N5O3/c1-17-7-8-20(29)28(24-17)16-21(30)26-12-10-23(11-13-26)22-18(9-14-31-23)15-27(25-22)19-5-3-2-4-6-19/h2-8,15H,9-14,16H2,1H3. The molecule has 1 amide bonds. The largest absolute Gasteiger partial charge is 0.368 e. The van der Waals surface area contributed by atoms with E-state index in [0.717, 1.165) is 17.8 Å². The number of likely N-dealkylation sites (tertiary alicyclic amines) is 1. The lowest BCUT2D eigenvalue weighted by Gasteiger charge is -2.43. The number of hydrogen-bond donors (Lipinski definition) is 0. The van der Waals surface area contributed by atoms with Gasteiger partial charge in [-0.2, -0.15) is 10.2 Å². The zero-order valence-electron chi connectivity index (χ0n) is 17.5. The van der Waals surface area contributed by atoms with Gasteiger partial charge in [-0.3, -0.25) is 9.59 Å². The van der Waals surface area contributed by atoms with E-state index in [1.807, 2.05) is 35.0 Å². The summed E-state index contributed by atoms with van der Waals surface area (Å²) in [7, 11) is 0. The van der Waals surface area contributed by atoms with Gasteiger partial charge < -0.3 is 9.64 Å². The highest BCUT2D eigenvalue weighted by atomic mass is 16.5. The molecule has 160 valence electrons. The molecule has 0 unspecified atom stereocenters. The molecule has 0 aliphatic carbocycles. The first kappa shape index (κ1) is 19.7. The first-order chi connectivity index (χ1) is 15.0. The van der Waals surface area contributed by atoms with Crippen LogP contribution in [0.15, 0.2) is 53.5 Å². The Morgan fingerprint density at radius 1 is 1.10 bits per heavy atom. The molecule has 3 aromatic rings. The Hall–Kier alpha value is -3.26. The Kier molecular flexibility index (Phi) is 4.94. The summed E-state index contributed by atoms with van der Waals surface area (Å²) < 4.78 is 9.44. The fraction of sp³-hybridized carbons (Fsp3) is 0.391. The van der Waals surface area contributed by atoms with Crippen molar-refractivity contribution in [1.82, 2.24) is 24.5 Å². The van der Waals surface area contributed by atoms with Crippen molar-refractivity contribution in [1.29, 1.82) is 0 Å². The number of benzene rings is 1. The van der Waals surface area contributed by atoms with Crippen molar-refractivity contribution in [3.63, 3.8) is 0 Å². The van der Waals surface area contributed by atoms with E-state index in [-0.39, 0.29) is 18.0 Å². The Bertz CT molecular complexity index is 1160. The second-order valence-corrected chi connectivity index (χ2v) is 8.23. The van der Waals surface area contributed by atoms with Gasteiger partial charge in [0.2, 0.25) is 5.91 Å². The van der Waals surface area contributed by atoms with Crippen LogP contribution in [0, 0.1) is 6.92 Å². The third-order valence-electron chi connectivity index (χ3n) is 6.20. The average molecular weight is 419 g/mol. The van der Waals surface area contributed by atoms with Gasteiger partial charge in [0, 0.05) is 25.4 Å². The summed E-state index contributed by atoms with van der Waals surface area (Å²) in [5, 5.41) is 9.06. The Labute approximate surface area is 180 Å². The Morgan fingerprint density at radius 2 is 1.87 bits per heavy atom. The quantitative estimate of drug-likeness (QED) is 0.647. The minimum atomic E-state index is -0.456. The minimum Gasteiger partial charge on any atom is -0.368 e. The topological polar surface area (TPSA) is 82.3 Å². The molecule has 31 heavy (non-hydrogen) atoms. The van der Waals surface area contributed by atoms with E-state index in [0.29, 0.717) is 38.2 Å². The van der Waals surface area contributed by atoms with Gasteiger partial charge in [-0.1, -0.05) is 18.2 Å². The number of amides is 1. The fourth-order valence-corrected chi connectivity index (χ4v) is 4.50. The number of piperidine rings is 1. The van der Waals surface area contributed by atoms with Gasteiger partial charge in [0.1, 0.15) is 12.1 Å². The number of fused-ring (bicyclic) bond motifs is 2. The third-order valence-corrected chi connectivity index (χ3v) is 6.20. The van der Waals surface area contributed by atoms with Gasteiger partial charge in [0.25, 0.3) is 5.56 Å². The van der Waals surface area contributed by atoms with Crippen molar-refractivity contribution >= 4 is 5.91 Å². The number of rotatable bonds is 3. The molecule has 0 N–H and O–H groups in total. The van der Waals surface area contributed by atoms with Crippen molar-refractivity contribution in [2.45, 2.75) is 38.3 Å². The first-order valence-corrected chi connectivity index (χ1v) is 10.7. The smallest absolute Gasteiger partial charge is 0.267 e. The predicted molar refractivity (Wildman–Crippen MR) is 114 cm³/mol. The molecule has 1 fully saturated rings. The highest BCUT2D eigenvalue weighted by Crippen LogP contribution is 2.41. The van der Waals surface area contributed by atoms with Crippen LogP contribution in [0.2, 0.25) is 0 Å². The summed E-state index contributed by atoms with van der Waals surface area (Å²) >= 11 is 0. The second kappa shape index (κ2) is 7.77. The molecule has 5 rings (SSSR count). The van der Waals surface area contributed by atoms with E-state index in [1.165, 1.54) is 16.3 Å². The summed E-state index contributed by atoms with van der Waals surface area (Å²) in [6, 6.07) is 13.2. The van der Waals surface area contributed by atoms with Crippen LogP contribution in [0.25, 0.3) is 5.69 Å². The number of aromatic nitrogens is 4. The van der Waals surface area contributed by atoms with Gasteiger partial charge in [0.05, 0.1) is 23.7 Å². The molecule has 4 heterocycles. The third kappa shape index (κ3) is 3.67. The van der Waals surface area contributed by atoms with Crippen molar-refractivity contribution in [2.75, 3.05) is 19.7 Å². The zero-order valence-corrected chi connectivity index (χ0v) is 17.5. The highest BCUT2D eigenvalue weighted by Gasteiger charge is 2.44. The van der Waals surface area contributed by atoms with E-state index in [2.05, 4.69) is 11.3 Å². The molecule has 0 radical (unpaired) electrons. The van der Waals surface area contributed by atoms with Crippen LogP contribution >= 0.6 is 0 Å². The second-order valence-electron chi connectivity index (χ2n) is 8.23. The van der Waals surface area contributed by atoms with Crippen LogP contribution in [-0.2, 0) is 28.1 Å². The summed E-state index contributed by atoms with van der Waals surface area (Å²) in [6.07, 6.45) is 4.32. The lowest BCUT2D eigenvalue weighted by molar-refractivity contribution is -0.142. The maximum absolute atomic E-state index is 12.8. The molecule has 0 bridgehead atoms. The fourth-order valence-electron chi connectivity index (χ4n) is 4.50. The van der Waals surface area contributed by atoms with Crippen molar-refractivity contribution in [2.24, 2.45) is 0 Å². The van der Waals surface area contributed by atoms with Crippen LogP contribution < -0.4 is 5.56 Å². The summed E-state index contributed by atoms with van der Waals surface area (Å²) in [4.78, 5) is 26.6. The molecule has 1 aromatic carbocycles. The lowest BCUT2D eigenvalue weighted by Crippen LogP contribution is -2.49. The molecule has 2 aromatic heterocycles. The van der Waals surface area contributed by atoms with E-state index in [4.69, 9.17) is 9.84 Å². The molecule has 1 spiro atoms. The number of nitrogens with zero attached hydrogens (tertiary/aromatic N) is 5. The number of carbonyl (C=O) groups is 1. The van der Waals surface area contributed by atoms with Crippen LogP contribution in [0.5, 0.6) is 0 Å². The molecule has 1 saturated heterocycles. The molecular formula is C23H25N5O3. The maximum Gasteiger partial charge on any atom is 0.267 e. The predicted octanol–water partition coefficient (Wildman–Crippen LogP) is 1.83. The molecule has 0 atom stereocenters. The van der Waals surface area contributed by atoms with Gasteiger partial charge in [-0.15, -0.1) is 0 Å². The van der Waals surface area contributed by atoms with Gasteiger partial charge >= 0.3 is 0 Å². The zero-order chi connectivity index (χ0) is 21.4. The normalized spacial score (nSPS) is 17.5. The summed E-state index contributed by atoms with van der Waals surface area (Å²) in [6.45, 7) is 3.55. The number of aryl methyl sites for hydroxylation is 1. The first-order valence-electron chi connectivity index (χ1n) is 10.7. The Balaban J connectivity index is 1.32. The SMILES string of the molecule is Cc1ccc(=O)n(CC(=O)N2CCC3(CC2)OCCc2cn(-c4ccccc4)nc23)n1. The summed E-state index contributed by atoms with van der Waals surface area (Å²) in [5.74, 6) is -0.0964. The molecule has 2 aliphatic rings.